The second-order valence-corrected chi connectivity index (χ2v) is 8.56. The number of nitrogens with zero attached hydrogens (tertiary/aromatic N) is 2. The summed E-state index contributed by atoms with van der Waals surface area (Å²) in [6, 6.07) is 3.59. The quantitative estimate of drug-likeness (QED) is 0.597. The number of allylic oxidation sites excluding steroid dienone is 1. The number of aliphatic hydroxyl groups excluding tert-OH is 1. The van der Waals surface area contributed by atoms with E-state index in [0.29, 0.717) is 17.9 Å². The van der Waals surface area contributed by atoms with Crippen molar-refractivity contribution in [1.82, 2.24) is 5.06 Å². The number of esters is 1. The van der Waals surface area contributed by atoms with Gasteiger partial charge in [0.05, 0.1) is 56.1 Å². The number of carbonyl (C=O) groups is 1. The van der Waals surface area contributed by atoms with Gasteiger partial charge in [0.1, 0.15) is 0 Å². The molecule has 158 valence electrons. The minimum absolute atomic E-state index is 0.0110. The van der Waals surface area contributed by atoms with Gasteiger partial charge >= 0.3 is 5.97 Å². The molecule has 4 aliphatic heterocycles. The van der Waals surface area contributed by atoms with Crippen LogP contribution in [0.25, 0.3) is 0 Å². The molecule has 4 heterocycles. The minimum atomic E-state index is -1.04. The van der Waals surface area contributed by atoms with E-state index in [4.69, 9.17) is 24.0 Å². The fraction of sp³-hybridized carbons (Fsp3) is 0.545. The Hall–Kier alpha value is -2.42. The first kappa shape index (κ1) is 18.4. The van der Waals surface area contributed by atoms with Gasteiger partial charge < -0.3 is 19.3 Å². The number of ether oxygens (including phenoxy) is 3. The standard InChI is InChI=1S/C22H24N2O6/c1-5-9-10-6-13-19-22(16(10)20(25)29-4,17-18(9)24(13)30-21(17)26)11-7-14(27-2)15(28-3)8-12(11)23-19/h5,7-8,10,13,16-18,21,26H,6H2,1-4H3/b9-5+/t10-,13-,16-,17+,18?,21-,22-/m0/s1. The summed E-state index contributed by atoms with van der Waals surface area (Å²) in [5.41, 5.74) is 2.87. The van der Waals surface area contributed by atoms with Crippen LogP contribution < -0.4 is 9.47 Å². The summed E-state index contributed by atoms with van der Waals surface area (Å²) >= 11 is 0. The number of hydrogen-bond donors (Lipinski definition) is 1. The maximum atomic E-state index is 13.3. The highest BCUT2D eigenvalue weighted by Crippen LogP contribution is 2.70. The van der Waals surface area contributed by atoms with Crippen molar-refractivity contribution in [3.8, 4) is 11.5 Å². The predicted molar refractivity (Wildman–Crippen MR) is 106 cm³/mol. The molecule has 6 bridgehead atoms. The van der Waals surface area contributed by atoms with Gasteiger partial charge in [-0.25, -0.2) is 0 Å². The van der Waals surface area contributed by atoms with E-state index in [2.05, 4.69) is 6.08 Å². The highest BCUT2D eigenvalue weighted by molar-refractivity contribution is 6.11. The number of hydroxylamine groups is 2. The molecule has 7 rings (SSSR count). The molecule has 2 saturated carbocycles. The lowest BCUT2D eigenvalue weighted by Gasteiger charge is -2.63. The molecule has 3 saturated heterocycles. The lowest BCUT2D eigenvalue weighted by Crippen LogP contribution is -2.75. The third-order valence-corrected chi connectivity index (χ3v) is 7.84. The number of hydrogen-bond acceptors (Lipinski definition) is 8. The van der Waals surface area contributed by atoms with E-state index < -0.39 is 17.6 Å². The summed E-state index contributed by atoms with van der Waals surface area (Å²) in [6.45, 7) is 1.99. The van der Waals surface area contributed by atoms with Crippen LogP contribution in [0.15, 0.2) is 28.8 Å². The molecule has 2 aliphatic carbocycles. The molecule has 2 unspecified atom stereocenters. The van der Waals surface area contributed by atoms with Gasteiger partial charge in [0.15, 0.2) is 17.8 Å². The predicted octanol–water partition coefficient (Wildman–Crippen LogP) is 1.73. The summed E-state index contributed by atoms with van der Waals surface area (Å²) in [5.74, 6) is 0.0439. The lowest BCUT2D eigenvalue weighted by atomic mass is 9.42. The van der Waals surface area contributed by atoms with E-state index in [9.17, 15) is 9.90 Å². The van der Waals surface area contributed by atoms with E-state index >= 15 is 0 Å². The number of aliphatic imine (C=N–C) groups is 1. The molecule has 0 aromatic heterocycles. The summed E-state index contributed by atoms with van der Waals surface area (Å²) in [6.07, 6.45) is 1.74. The molecule has 8 nitrogen and oxygen atoms in total. The average Bonchev–Trinajstić information content (AvgIpc) is 3.26. The maximum absolute atomic E-state index is 13.3. The van der Waals surface area contributed by atoms with Crippen LogP contribution in [0.1, 0.15) is 18.9 Å². The minimum Gasteiger partial charge on any atom is -0.493 e. The van der Waals surface area contributed by atoms with Crippen molar-refractivity contribution in [2.24, 2.45) is 22.7 Å². The molecule has 5 fully saturated rings. The summed E-state index contributed by atoms with van der Waals surface area (Å²) in [7, 11) is 4.60. The van der Waals surface area contributed by atoms with E-state index in [1.807, 2.05) is 24.1 Å². The lowest BCUT2D eigenvalue weighted by molar-refractivity contribution is -0.234. The van der Waals surface area contributed by atoms with E-state index in [0.717, 1.165) is 22.5 Å². The van der Waals surface area contributed by atoms with Crippen LogP contribution in [0.5, 0.6) is 11.5 Å². The van der Waals surface area contributed by atoms with Gasteiger partial charge in [-0.2, -0.15) is 5.06 Å². The van der Waals surface area contributed by atoms with Crippen molar-refractivity contribution < 1.29 is 28.9 Å². The van der Waals surface area contributed by atoms with Crippen LogP contribution in [0.4, 0.5) is 5.69 Å². The van der Waals surface area contributed by atoms with Gasteiger partial charge in [-0.15, -0.1) is 0 Å². The van der Waals surface area contributed by atoms with Crippen LogP contribution in [0.3, 0.4) is 0 Å². The van der Waals surface area contributed by atoms with Gasteiger partial charge in [0, 0.05) is 12.0 Å². The Morgan fingerprint density at radius 2 is 2.03 bits per heavy atom. The molecular weight excluding hydrogens is 388 g/mol. The Morgan fingerprint density at radius 3 is 2.70 bits per heavy atom. The van der Waals surface area contributed by atoms with Crippen molar-refractivity contribution in [2.45, 2.75) is 37.1 Å². The summed E-state index contributed by atoms with van der Waals surface area (Å²) in [5, 5.41) is 13.0. The molecule has 1 aromatic rings. The first-order valence-corrected chi connectivity index (χ1v) is 10.3. The fourth-order valence-electron chi connectivity index (χ4n) is 6.99. The molecular formula is C22H24N2O6. The fourth-order valence-corrected chi connectivity index (χ4v) is 6.99. The van der Waals surface area contributed by atoms with Gasteiger partial charge in [0.2, 0.25) is 0 Å². The molecule has 1 aromatic carbocycles. The summed E-state index contributed by atoms with van der Waals surface area (Å²) in [4.78, 5) is 24.2. The Balaban J connectivity index is 1.69. The van der Waals surface area contributed by atoms with Crippen LogP contribution >= 0.6 is 0 Å². The van der Waals surface area contributed by atoms with E-state index in [1.165, 1.54) is 7.11 Å². The van der Waals surface area contributed by atoms with Gasteiger partial charge in [-0.3, -0.25) is 14.6 Å². The molecule has 30 heavy (non-hydrogen) atoms. The number of rotatable bonds is 3. The molecule has 8 atom stereocenters. The van der Waals surface area contributed by atoms with Crippen LogP contribution in [-0.4, -0.2) is 61.6 Å². The van der Waals surface area contributed by atoms with Gasteiger partial charge in [-0.05, 0) is 30.9 Å². The zero-order chi connectivity index (χ0) is 20.9. The summed E-state index contributed by atoms with van der Waals surface area (Å²) < 4.78 is 16.4. The Kier molecular flexibility index (Phi) is 3.57. The second kappa shape index (κ2) is 5.84. The number of benzene rings is 1. The van der Waals surface area contributed by atoms with Crippen molar-refractivity contribution in [3.05, 3.63) is 29.3 Å². The normalized spacial score (nSPS) is 42.8. The molecule has 0 radical (unpaired) electrons. The Labute approximate surface area is 174 Å². The number of carbonyl (C=O) groups excluding carboxylic acids is 1. The number of aliphatic hydroxyl groups is 1. The largest absolute Gasteiger partial charge is 0.493 e. The van der Waals surface area contributed by atoms with Gasteiger partial charge in [0.25, 0.3) is 0 Å². The molecule has 0 amide bonds. The number of piperidine rings is 2. The average molecular weight is 412 g/mol. The zero-order valence-corrected chi connectivity index (χ0v) is 17.3. The van der Waals surface area contributed by atoms with Crippen molar-refractivity contribution in [2.75, 3.05) is 21.3 Å². The van der Waals surface area contributed by atoms with E-state index in [1.54, 1.807) is 14.2 Å². The monoisotopic (exact) mass is 412 g/mol. The zero-order valence-electron chi connectivity index (χ0n) is 17.3. The smallest absolute Gasteiger partial charge is 0.310 e. The van der Waals surface area contributed by atoms with Crippen molar-refractivity contribution >= 4 is 17.4 Å². The second-order valence-electron chi connectivity index (χ2n) is 8.56. The highest BCUT2D eigenvalue weighted by Gasteiger charge is 2.78. The Bertz CT molecular complexity index is 1030. The van der Waals surface area contributed by atoms with E-state index in [-0.39, 0.29) is 29.9 Å². The van der Waals surface area contributed by atoms with Crippen LogP contribution in [0, 0.1) is 17.8 Å². The Morgan fingerprint density at radius 1 is 1.30 bits per heavy atom. The number of fused-ring (bicyclic) bond motifs is 1. The molecule has 8 heteroatoms. The SMILES string of the molecule is C/C=C1/C2[C@@H]3[C@@H](O)ON2[C@H]2C[C@@H]1[C@@H](C(=O)OC)[C@]31C2=Nc2cc(OC)c(OC)cc21. The van der Waals surface area contributed by atoms with Crippen molar-refractivity contribution in [1.29, 1.82) is 0 Å². The first-order chi connectivity index (χ1) is 14.5. The first-order valence-electron chi connectivity index (χ1n) is 10.3. The van der Waals surface area contributed by atoms with Gasteiger partial charge in [-0.1, -0.05) is 11.6 Å². The maximum Gasteiger partial charge on any atom is 0.310 e. The third kappa shape index (κ3) is 1.76. The third-order valence-electron chi connectivity index (χ3n) is 7.84. The molecule has 6 aliphatic rings. The van der Waals surface area contributed by atoms with Crippen LogP contribution in [-0.2, 0) is 19.8 Å². The molecule has 1 spiro atoms. The van der Waals surface area contributed by atoms with Crippen LogP contribution in [0.2, 0.25) is 0 Å². The highest BCUT2D eigenvalue weighted by atomic mass is 16.8. The van der Waals surface area contributed by atoms with Crippen molar-refractivity contribution in [3.63, 3.8) is 0 Å². The number of methoxy groups -OCH3 is 3. The molecule has 1 N–H and O–H groups in total. The topological polar surface area (TPSA) is 89.8 Å².